The van der Waals surface area contributed by atoms with Gasteiger partial charge < -0.3 is 9.59 Å². The van der Waals surface area contributed by atoms with Crippen molar-refractivity contribution in [2.75, 3.05) is 0 Å². The van der Waals surface area contributed by atoms with Crippen LogP contribution in [-0.4, -0.2) is 24.1 Å². The Morgan fingerprint density at radius 3 is 2.33 bits per heavy atom. The number of hydrogen-bond acceptors (Lipinski definition) is 4. The Morgan fingerprint density at radius 2 is 1.78 bits per heavy atom. The first kappa shape index (κ1) is 16.7. The van der Waals surface area contributed by atoms with Crippen molar-refractivity contribution in [2.24, 2.45) is 5.92 Å². The smallest absolute Gasteiger partial charge is 0.199 e. The quantitative estimate of drug-likeness (QED) is 0.304. The van der Waals surface area contributed by atoms with Crippen molar-refractivity contribution in [3.8, 4) is 0 Å². The average molecular weight is 254 g/mol. The molecule has 0 aromatic heterocycles. The van der Waals surface area contributed by atoms with Crippen LogP contribution in [0.25, 0.3) is 0 Å². The van der Waals surface area contributed by atoms with E-state index >= 15 is 0 Å². The molecule has 0 aromatic carbocycles. The molecule has 0 saturated carbocycles. The van der Waals surface area contributed by atoms with Gasteiger partial charge in [-0.15, -0.1) is 0 Å². The summed E-state index contributed by atoms with van der Waals surface area (Å²) in [5, 5.41) is 0. The van der Waals surface area contributed by atoms with E-state index in [0.29, 0.717) is 12.7 Å². The van der Waals surface area contributed by atoms with Gasteiger partial charge in [0.1, 0.15) is 12.6 Å². The highest BCUT2D eigenvalue weighted by Gasteiger charge is 2.18. The monoisotopic (exact) mass is 254 g/mol. The molecule has 0 fully saturated rings. The lowest BCUT2D eigenvalue weighted by molar-refractivity contribution is -0.137. The van der Waals surface area contributed by atoms with Crippen molar-refractivity contribution in [1.82, 2.24) is 0 Å². The number of unbranched alkanes of at least 4 members (excludes halogenated alkanes) is 3. The van der Waals surface area contributed by atoms with E-state index in [1.807, 2.05) is 0 Å². The zero-order chi connectivity index (χ0) is 13.8. The minimum Gasteiger partial charge on any atom is -0.303 e. The Hall–Kier alpha value is -1.32. The minimum atomic E-state index is -0.539. The van der Waals surface area contributed by atoms with Gasteiger partial charge in [-0.25, -0.2) is 0 Å². The molecule has 0 heterocycles. The largest absolute Gasteiger partial charge is 0.303 e. The van der Waals surface area contributed by atoms with E-state index in [4.69, 9.17) is 0 Å². The Kier molecular flexibility index (Phi) is 10.0. The SMILES string of the molecule is CCCCCCC(C=O)CC(=O)C(=O)CCC=O. The fraction of sp³-hybridized carbons (Fsp3) is 0.714. The summed E-state index contributed by atoms with van der Waals surface area (Å²) in [5.74, 6) is -1.42. The zero-order valence-corrected chi connectivity index (χ0v) is 11.0. The van der Waals surface area contributed by atoms with Gasteiger partial charge in [0.05, 0.1) is 0 Å². The summed E-state index contributed by atoms with van der Waals surface area (Å²) in [6.07, 6.45) is 6.28. The van der Waals surface area contributed by atoms with E-state index in [1.165, 1.54) is 0 Å². The number of carbonyl (C=O) groups is 4. The van der Waals surface area contributed by atoms with Crippen LogP contribution in [-0.2, 0) is 19.2 Å². The Labute approximate surface area is 108 Å². The molecule has 0 aliphatic rings. The molecule has 0 bridgehead atoms. The molecule has 18 heavy (non-hydrogen) atoms. The number of rotatable bonds is 12. The first-order valence-electron chi connectivity index (χ1n) is 6.60. The third kappa shape index (κ3) is 7.87. The molecule has 0 rings (SSSR count). The van der Waals surface area contributed by atoms with Crippen LogP contribution in [0.3, 0.4) is 0 Å². The Balaban J connectivity index is 3.95. The van der Waals surface area contributed by atoms with Crippen molar-refractivity contribution in [2.45, 2.75) is 58.3 Å². The molecule has 0 spiro atoms. The molecule has 0 N–H and O–H groups in total. The van der Waals surface area contributed by atoms with Crippen molar-refractivity contribution in [1.29, 1.82) is 0 Å². The first-order chi connectivity index (χ1) is 8.65. The van der Waals surface area contributed by atoms with Gasteiger partial charge in [0.15, 0.2) is 11.6 Å². The van der Waals surface area contributed by atoms with Crippen molar-refractivity contribution in [3.05, 3.63) is 0 Å². The highest BCUT2D eigenvalue weighted by molar-refractivity contribution is 6.37. The van der Waals surface area contributed by atoms with Crippen LogP contribution in [0, 0.1) is 5.92 Å². The van der Waals surface area contributed by atoms with Gasteiger partial charge in [-0.1, -0.05) is 32.6 Å². The maximum absolute atomic E-state index is 11.5. The number of hydrogen-bond donors (Lipinski definition) is 0. The van der Waals surface area contributed by atoms with Crippen LogP contribution >= 0.6 is 0 Å². The highest BCUT2D eigenvalue weighted by Crippen LogP contribution is 2.13. The van der Waals surface area contributed by atoms with Crippen LogP contribution in [0.1, 0.15) is 58.3 Å². The summed E-state index contributed by atoms with van der Waals surface area (Å²) in [5.41, 5.74) is 0. The fourth-order valence-corrected chi connectivity index (χ4v) is 1.73. The van der Waals surface area contributed by atoms with Gasteiger partial charge in [0.25, 0.3) is 0 Å². The summed E-state index contributed by atoms with van der Waals surface area (Å²) >= 11 is 0. The molecule has 102 valence electrons. The van der Waals surface area contributed by atoms with E-state index in [2.05, 4.69) is 6.92 Å². The lowest BCUT2D eigenvalue weighted by Crippen LogP contribution is -2.18. The second-order valence-corrected chi connectivity index (χ2v) is 4.50. The van der Waals surface area contributed by atoms with E-state index in [9.17, 15) is 19.2 Å². The predicted octanol–water partition coefficient (Wildman–Crippen LogP) is 2.28. The minimum absolute atomic E-state index is 0.00663. The molecule has 0 aliphatic heterocycles. The maximum Gasteiger partial charge on any atom is 0.199 e. The van der Waals surface area contributed by atoms with Crippen molar-refractivity contribution < 1.29 is 19.2 Å². The van der Waals surface area contributed by atoms with Gasteiger partial charge in [0, 0.05) is 25.2 Å². The third-order valence-corrected chi connectivity index (χ3v) is 2.87. The number of ketones is 2. The number of aldehydes is 2. The summed E-state index contributed by atoms with van der Waals surface area (Å²) in [6.45, 7) is 2.10. The van der Waals surface area contributed by atoms with Crippen molar-refractivity contribution >= 4 is 24.1 Å². The molecule has 0 amide bonds. The lowest BCUT2D eigenvalue weighted by atomic mass is 9.94. The molecular weight excluding hydrogens is 232 g/mol. The number of Topliss-reactive ketones (excluding diaryl/α,β-unsaturated/α-hetero) is 2. The molecule has 0 saturated heterocycles. The summed E-state index contributed by atoms with van der Waals surface area (Å²) < 4.78 is 0. The van der Waals surface area contributed by atoms with Gasteiger partial charge in [-0.2, -0.15) is 0 Å². The molecular formula is C14H22O4. The maximum atomic E-state index is 11.5. The van der Waals surface area contributed by atoms with Gasteiger partial charge >= 0.3 is 0 Å². The normalized spacial score (nSPS) is 11.8. The zero-order valence-electron chi connectivity index (χ0n) is 11.0. The second kappa shape index (κ2) is 10.8. The van der Waals surface area contributed by atoms with E-state index in [1.54, 1.807) is 0 Å². The first-order valence-corrected chi connectivity index (χ1v) is 6.60. The van der Waals surface area contributed by atoms with Gasteiger partial charge in [-0.3, -0.25) is 9.59 Å². The average Bonchev–Trinajstić information content (AvgIpc) is 2.39. The summed E-state index contributed by atoms with van der Waals surface area (Å²) in [7, 11) is 0. The fourth-order valence-electron chi connectivity index (χ4n) is 1.73. The predicted molar refractivity (Wildman–Crippen MR) is 68.2 cm³/mol. The van der Waals surface area contributed by atoms with Crippen molar-refractivity contribution in [3.63, 3.8) is 0 Å². The highest BCUT2D eigenvalue weighted by atomic mass is 16.2. The molecule has 0 aliphatic carbocycles. The third-order valence-electron chi connectivity index (χ3n) is 2.87. The van der Waals surface area contributed by atoms with Crippen LogP contribution in [0.2, 0.25) is 0 Å². The molecule has 4 nitrogen and oxygen atoms in total. The molecule has 1 unspecified atom stereocenters. The van der Waals surface area contributed by atoms with Gasteiger partial charge in [-0.05, 0) is 6.42 Å². The van der Waals surface area contributed by atoms with Crippen LogP contribution < -0.4 is 0 Å². The second-order valence-electron chi connectivity index (χ2n) is 4.50. The van der Waals surface area contributed by atoms with E-state index in [-0.39, 0.29) is 25.2 Å². The topological polar surface area (TPSA) is 68.3 Å². The standard InChI is InChI=1S/C14H22O4/c1-2-3-4-5-7-12(11-16)10-14(18)13(17)8-6-9-15/h9,11-12H,2-8,10H2,1H3. The Morgan fingerprint density at radius 1 is 1.06 bits per heavy atom. The van der Waals surface area contributed by atoms with Crippen LogP contribution in [0.15, 0.2) is 0 Å². The number of carbonyl (C=O) groups excluding carboxylic acids is 4. The lowest BCUT2D eigenvalue weighted by Gasteiger charge is -2.08. The van der Waals surface area contributed by atoms with E-state index < -0.39 is 11.6 Å². The summed E-state index contributed by atoms with van der Waals surface area (Å²) in [4.78, 5) is 43.7. The molecule has 0 aromatic rings. The van der Waals surface area contributed by atoms with E-state index in [0.717, 1.165) is 32.0 Å². The van der Waals surface area contributed by atoms with Gasteiger partial charge in [0.2, 0.25) is 0 Å². The molecule has 1 atom stereocenters. The Bertz CT molecular complexity index is 284. The van der Waals surface area contributed by atoms with Crippen LogP contribution in [0.5, 0.6) is 0 Å². The summed E-state index contributed by atoms with van der Waals surface area (Å²) in [6, 6.07) is 0. The molecule has 4 heteroatoms. The molecule has 0 radical (unpaired) electrons. The van der Waals surface area contributed by atoms with Crippen LogP contribution in [0.4, 0.5) is 0 Å².